The highest BCUT2D eigenvalue weighted by atomic mass is 16.5. The van der Waals surface area contributed by atoms with E-state index < -0.39 is 5.56 Å². The Morgan fingerprint density at radius 2 is 1.83 bits per heavy atom. The van der Waals surface area contributed by atoms with Crippen LogP contribution >= 0.6 is 0 Å². The van der Waals surface area contributed by atoms with E-state index in [0.29, 0.717) is 17.6 Å². The van der Waals surface area contributed by atoms with E-state index in [1.165, 1.54) is 12.5 Å². The molecule has 0 fully saturated rings. The molecule has 0 unspecified atom stereocenters. The third kappa shape index (κ3) is 3.93. The fraction of sp³-hybridized carbons (Fsp3) is 0.182. The van der Waals surface area contributed by atoms with E-state index in [-0.39, 0.29) is 12.3 Å². The zero-order valence-electron chi connectivity index (χ0n) is 16.7. The summed E-state index contributed by atoms with van der Waals surface area (Å²) in [6.45, 7) is 4.49. The minimum absolute atomic E-state index is 0.125. The van der Waals surface area contributed by atoms with E-state index in [1.54, 1.807) is 4.68 Å². The predicted molar refractivity (Wildman–Crippen MR) is 114 cm³/mol. The highest BCUT2D eigenvalue weighted by Gasteiger charge is 2.13. The van der Waals surface area contributed by atoms with Gasteiger partial charge >= 0.3 is 0 Å². The summed E-state index contributed by atoms with van der Waals surface area (Å²) in [6.07, 6.45) is 2.88. The lowest BCUT2D eigenvalue weighted by Gasteiger charge is -2.09. The number of aryl methyl sites for hydroxylation is 1. The lowest BCUT2D eigenvalue weighted by molar-refractivity contribution is -0.116. The second kappa shape index (κ2) is 8.20. The Bertz CT molecular complexity index is 1240. The van der Waals surface area contributed by atoms with Crippen molar-refractivity contribution >= 4 is 16.9 Å². The van der Waals surface area contributed by atoms with Crippen LogP contribution in [0.4, 0.5) is 0 Å². The number of rotatable bonds is 6. The maximum absolute atomic E-state index is 12.8. The first-order valence-corrected chi connectivity index (χ1v) is 9.59. The number of hydrogen-bond donors (Lipinski definition) is 1. The molecule has 8 heteroatoms. The number of nitrogens with one attached hydrogen (secondary N) is 1. The highest BCUT2D eigenvalue weighted by molar-refractivity contribution is 5.86. The molecule has 0 aliphatic rings. The summed E-state index contributed by atoms with van der Waals surface area (Å²) in [5.74, 6) is 0.423. The topological polar surface area (TPSA) is 91.0 Å². The van der Waals surface area contributed by atoms with E-state index in [2.05, 4.69) is 15.5 Å². The summed E-state index contributed by atoms with van der Waals surface area (Å²) in [5.41, 5.74) is 5.36. The van der Waals surface area contributed by atoms with Gasteiger partial charge in [-0.15, -0.1) is 0 Å². The summed E-state index contributed by atoms with van der Waals surface area (Å²) >= 11 is 0. The molecule has 0 atom stereocenters. The molecule has 2 aromatic heterocycles. The van der Waals surface area contributed by atoms with Gasteiger partial charge < -0.3 is 4.74 Å². The van der Waals surface area contributed by atoms with Gasteiger partial charge in [0.25, 0.3) is 5.56 Å². The number of carbonyl (C=O) groups is 1. The maximum Gasteiger partial charge on any atom is 0.283 e. The van der Waals surface area contributed by atoms with Crippen LogP contribution in [-0.4, -0.2) is 32.0 Å². The number of nitrogens with zero attached hydrogens (tertiary/aromatic N) is 4. The second-order valence-electron chi connectivity index (χ2n) is 6.84. The van der Waals surface area contributed by atoms with E-state index in [1.807, 2.05) is 62.4 Å². The maximum atomic E-state index is 12.8. The minimum atomic E-state index is -0.390. The number of ether oxygens (including phenoxy) is 1. The molecule has 0 aliphatic heterocycles. The molecule has 0 saturated carbocycles. The standard InChI is InChI=1S/C22H21N5O3/c1-3-30-18-10-6-16(7-11-18)12-20(28)25-26-14-23-21-19(22(26)29)13-24-27(21)17-8-4-15(2)5-9-17/h4-11,13-14H,3,12H2,1-2H3,(H,25,28). The van der Waals surface area contributed by atoms with E-state index in [0.717, 1.165) is 27.2 Å². The lowest BCUT2D eigenvalue weighted by atomic mass is 10.1. The molecular weight excluding hydrogens is 382 g/mol. The van der Waals surface area contributed by atoms with Crippen LogP contribution in [-0.2, 0) is 11.2 Å². The van der Waals surface area contributed by atoms with Crippen LogP contribution in [0.3, 0.4) is 0 Å². The van der Waals surface area contributed by atoms with Crippen LogP contribution < -0.4 is 15.7 Å². The summed E-state index contributed by atoms with van der Waals surface area (Å²) < 4.78 is 8.08. The molecule has 2 heterocycles. The van der Waals surface area contributed by atoms with Crippen LogP contribution in [0.5, 0.6) is 5.75 Å². The van der Waals surface area contributed by atoms with Crippen molar-refractivity contribution < 1.29 is 9.53 Å². The van der Waals surface area contributed by atoms with Gasteiger partial charge in [0.15, 0.2) is 5.65 Å². The molecule has 1 N–H and O–H groups in total. The number of carbonyl (C=O) groups excluding carboxylic acids is 1. The highest BCUT2D eigenvalue weighted by Crippen LogP contribution is 2.14. The van der Waals surface area contributed by atoms with Crippen molar-refractivity contribution in [1.29, 1.82) is 0 Å². The monoisotopic (exact) mass is 403 g/mol. The van der Waals surface area contributed by atoms with Crippen LogP contribution in [0.15, 0.2) is 65.8 Å². The fourth-order valence-corrected chi connectivity index (χ4v) is 3.10. The molecule has 4 rings (SSSR count). The number of amides is 1. The predicted octanol–water partition coefficient (Wildman–Crippen LogP) is 2.60. The normalized spacial score (nSPS) is 10.9. The quantitative estimate of drug-likeness (QED) is 0.534. The summed E-state index contributed by atoms with van der Waals surface area (Å²) in [5, 5.41) is 4.60. The van der Waals surface area contributed by atoms with Gasteiger partial charge in [-0.25, -0.2) is 14.3 Å². The summed E-state index contributed by atoms with van der Waals surface area (Å²) in [7, 11) is 0. The van der Waals surface area contributed by atoms with Gasteiger partial charge in [-0.2, -0.15) is 5.10 Å². The number of benzene rings is 2. The zero-order valence-corrected chi connectivity index (χ0v) is 16.7. The molecule has 0 radical (unpaired) electrons. The smallest absolute Gasteiger partial charge is 0.283 e. The van der Waals surface area contributed by atoms with Crippen LogP contribution in [0, 0.1) is 6.92 Å². The Labute approximate surface area is 172 Å². The van der Waals surface area contributed by atoms with Gasteiger partial charge in [0.2, 0.25) is 5.91 Å². The van der Waals surface area contributed by atoms with Crippen molar-refractivity contribution in [3.05, 3.63) is 82.5 Å². The molecule has 0 saturated heterocycles. The van der Waals surface area contributed by atoms with Gasteiger partial charge in [0.1, 0.15) is 17.5 Å². The molecule has 8 nitrogen and oxygen atoms in total. The molecule has 4 aromatic rings. The van der Waals surface area contributed by atoms with Crippen molar-refractivity contribution in [3.8, 4) is 11.4 Å². The fourth-order valence-electron chi connectivity index (χ4n) is 3.10. The van der Waals surface area contributed by atoms with E-state index in [4.69, 9.17) is 4.74 Å². The Morgan fingerprint density at radius 3 is 2.53 bits per heavy atom. The zero-order chi connectivity index (χ0) is 21.1. The first-order chi connectivity index (χ1) is 14.5. The van der Waals surface area contributed by atoms with Crippen molar-refractivity contribution in [2.75, 3.05) is 12.0 Å². The van der Waals surface area contributed by atoms with Gasteiger partial charge in [0.05, 0.1) is 24.9 Å². The van der Waals surface area contributed by atoms with Gasteiger partial charge in [-0.1, -0.05) is 29.8 Å². The Kier molecular flexibility index (Phi) is 5.30. The number of aromatic nitrogens is 4. The van der Waals surface area contributed by atoms with Crippen LogP contribution in [0.1, 0.15) is 18.1 Å². The SMILES string of the molecule is CCOc1ccc(CC(=O)Nn2cnc3c(cnn3-c3ccc(C)cc3)c2=O)cc1. The van der Waals surface area contributed by atoms with Crippen molar-refractivity contribution in [2.45, 2.75) is 20.3 Å². The molecule has 1 amide bonds. The molecule has 2 aromatic carbocycles. The molecule has 152 valence electrons. The third-order valence-corrected chi connectivity index (χ3v) is 4.61. The Morgan fingerprint density at radius 1 is 1.10 bits per heavy atom. The van der Waals surface area contributed by atoms with E-state index >= 15 is 0 Å². The second-order valence-corrected chi connectivity index (χ2v) is 6.84. The first-order valence-electron chi connectivity index (χ1n) is 9.59. The van der Waals surface area contributed by atoms with Crippen molar-refractivity contribution in [3.63, 3.8) is 0 Å². The minimum Gasteiger partial charge on any atom is -0.494 e. The molecular formula is C22H21N5O3. The van der Waals surface area contributed by atoms with Gasteiger partial charge in [-0.3, -0.25) is 15.0 Å². The average Bonchev–Trinajstić information content (AvgIpc) is 3.17. The Balaban J connectivity index is 1.53. The first kappa shape index (κ1) is 19.4. The summed E-state index contributed by atoms with van der Waals surface area (Å²) in [6, 6.07) is 15.0. The number of fused-ring (bicyclic) bond motifs is 1. The molecule has 30 heavy (non-hydrogen) atoms. The number of hydrogen-bond acceptors (Lipinski definition) is 5. The molecule has 0 bridgehead atoms. The molecule has 0 aliphatic carbocycles. The largest absolute Gasteiger partial charge is 0.494 e. The molecule has 0 spiro atoms. The van der Waals surface area contributed by atoms with Gasteiger partial charge in [0, 0.05) is 0 Å². The van der Waals surface area contributed by atoms with Gasteiger partial charge in [-0.05, 0) is 43.7 Å². The van der Waals surface area contributed by atoms with Crippen LogP contribution in [0.25, 0.3) is 16.7 Å². The third-order valence-electron chi connectivity index (χ3n) is 4.61. The van der Waals surface area contributed by atoms with E-state index in [9.17, 15) is 9.59 Å². The Hall–Kier alpha value is -3.94. The lowest BCUT2D eigenvalue weighted by Crippen LogP contribution is -2.34. The summed E-state index contributed by atoms with van der Waals surface area (Å²) in [4.78, 5) is 29.5. The average molecular weight is 403 g/mol. The van der Waals surface area contributed by atoms with Crippen LogP contribution in [0.2, 0.25) is 0 Å². The van der Waals surface area contributed by atoms with Crippen molar-refractivity contribution in [1.82, 2.24) is 19.4 Å². The van der Waals surface area contributed by atoms with Crippen molar-refractivity contribution in [2.24, 2.45) is 0 Å².